The summed E-state index contributed by atoms with van der Waals surface area (Å²) in [5, 5.41) is 0. The standard InChI is InChI=1S/C30H47NO9/c1-9-19(4)14-26(32)39-24-13-12-23(16-25(24)40-27(33)15-20(5)10-2)18-30(31,28(34)36-8)17-22(7)38-29(35)37-21(6)11-3/h12-13,16,19-22H,9-11,14-15,17-18,31H2,1-8H3/t19?,20?,21-,22-,30?/m0/s1. The summed E-state index contributed by atoms with van der Waals surface area (Å²) in [5.41, 5.74) is 5.45. The Morgan fingerprint density at radius 3 is 1.82 bits per heavy atom. The predicted molar refractivity (Wildman–Crippen MR) is 150 cm³/mol. The summed E-state index contributed by atoms with van der Waals surface area (Å²) in [6.07, 6.45) is 0.592. The number of hydrogen-bond acceptors (Lipinski definition) is 10. The Bertz CT molecular complexity index is 995. The van der Waals surface area contributed by atoms with E-state index in [1.54, 1.807) is 19.9 Å². The van der Waals surface area contributed by atoms with Crippen LogP contribution in [0.3, 0.4) is 0 Å². The highest BCUT2D eigenvalue weighted by molar-refractivity contribution is 5.81. The summed E-state index contributed by atoms with van der Waals surface area (Å²) in [6.45, 7) is 13.1. The van der Waals surface area contributed by atoms with Crippen LogP contribution in [0.4, 0.5) is 4.79 Å². The van der Waals surface area contributed by atoms with E-state index >= 15 is 0 Å². The molecule has 0 bridgehead atoms. The number of carbonyl (C=O) groups excluding carboxylic acids is 4. The quantitative estimate of drug-likeness (QED) is 0.201. The molecule has 0 heterocycles. The second kappa shape index (κ2) is 16.8. The molecule has 10 heteroatoms. The van der Waals surface area contributed by atoms with Gasteiger partial charge in [-0.05, 0) is 49.8 Å². The zero-order valence-electron chi connectivity index (χ0n) is 25.2. The third-order valence-electron chi connectivity index (χ3n) is 6.81. The van der Waals surface area contributed by atoms with Gasteiger partial charge in [0, 0.05) is 25.7 Å². The molecule has 2 N–H and O–H groups in total. The molecule has 0 radical (unpaired) electrons. The van der Waals surface area contributed by atoms with Gasteiger partial charge < -0.3 is 29.4 Å². The van der Waals surface area contributed by atoms with Crippen molar-refractivity contribution in [2.24, 2.45) is 17.6 Å². The van der Waals surface area contributed by atoms with Gasteiger partial charge in [0.1, 0.15) is 17.7 Å². The maximum atomic E-state index is 12.8. The number of carbonyl (C=O) groups is 4. The van der Waals surface area contributed by atoms with Gasteiger partial charge in [-0.25, -0.2) is 4.79 Å². The topological polar surface area (TPSA) is 140 Å². The molecule has 0 saturated heterocycles. The Kier molecular flexibility index (Phi) is 14.7. The number of rotatable bonds is 16. The van der Waals surface area contributed by atoms with Crippen molar-refractivity contribution in [3.8, 4) is 11.5 Å². The molecular formula is C30H47NO9. The molecule has 0 aliphatic carbocycles. The molecule has 3 unspecified atom stereocenters. The number of esters is 3. The predicted octanol–water partition coefficient (Wildman–Crippen LogP) is 5.51. The van der Waals surface area contributed by atoms with Crippen LogP contribution in [0.5, 0.6) is 11.5 Å². The van der Waals surface area contributed by atoms with Crippen molar-refractivity contribution in [2.45, 2.75) is 111 Å². The first-order valence-corrected chi connectivity index (χ1v) is 14.0. The molecule has 0 saturated carbocycles. The molecule has 226 valence electrons. The fourth-order valence-corrected chi connectivity index (χ4v) is 3.80. The van der Waals surface area contributed by atoms with Crippen molar-refractivity contribution in [2.75, 3.05) is 7.11 Å². The highest BCUT2D eigenvalue weighted by Gasteiger charge is 2.38. The van der Waals surface area contributed by atoms with Crippen molar-refractivity contribution in [1.29, 1.82) is 0 Å². The van der Waals surface area contributed by atoms with E-state index in [4.69, 9.17) is 29.4 Å². The lowest BCUT2D eigenvalue weighted by atomic mass is 9.86. The molecule has 1 aromatic carbocycles. The lowest BCUT2D eigenvalue weighted by molar-refractivity contribution is -0.148. The summed E-state index contributed by atoms with van der Waals surface area (Å²) in [5.74, 6) is -1.24. The third kappa shape index (κ3) is 11.9. The smallest absolute Gasteiger partial charge is 0.468 e. The first kappa shape index (κ1) is 34.9. The minimum absolute atomic E-state index is 0.0369. The number of methoxy groups -OCH3 is 1. The van der Waals surface area contributed by atoms with Crippen LogP contribution >= 0.6 is 0 Å². The van der Waals surface area contributed by atoms with Gasteiger partial charge in [-0.1, -0.05) is 53.5 Å². The van der Waals surface area contributed by atoms with Crippen LogP contribution in [0.2, 0.25) is 0 Å². The van der Waals surface area contributed by atoms with Crippen LogP contribution in [0.1, 0.15) is 92.6 Å². The van der Waals surface area contributed by atoms with E-state index in [1.165, 1.54) is 19.2 Å². The van der Waals surface area contributed by atoms with Crippen LogP contribution in [0.25, 0.3) is 0 Å². The van der Waals surface area contributed by atoms with Crippen LogP contribution < -0.4 is 15.2 Å². The Morgan fingerprint density at radius 1 is 0.800 bits per heavy atom. The third-order valence-corrected chi connectivity index (χ3v) is 6.81. The first-order valence-electron chi connectivity index (χ1n) is 14.0. The minimum atomic E-state index is -1.59. The van der Waals surface area contributed by atoms with E-state index in [0.29, 0.717) is 12.0 Å². The second-order valence-corrected chi connectivity index (χ2v) is 10.7. The van der Waals surface area contributed by atoms with Crippen molar-refractivity contribution in [3.63, 3.8) is 0 Å². The zero-order chi connectivity index (χ0) is 30.5. The van der Waals surface area contributed by atoms with Gasteiger partial charge in [0.25, 0.3) is 0 Å². The largest absolute Gasteiger partial charge is 0.508 e. The van der Waals surface area contributed by atoms with E-state index in [9.17, 15) is 19.2 Å². The second-order valence-electron chi connectivity index (χ2n) is 10.7. The van der Waals surface area contributed by atoms with E-state index in [0.717, 1.165) is 12.8 Å². The Hall–Kier alpha value is -3.14. The summed E-state index contributed by atoms with van der Waals surface area (Å²) >= 11 is 0. The molecule has 0 aliphatic heterocycles. The lowest BCUT2D eigenvalue weighted by Gasteiger charge is -2.29. The van der Waals surface area contributed by atoms with E-state index < -0.39 is 35.7 Å². The van der Waals surface area contributed by atoms with Gasteiger partial charge in [0.2, 0.25) is 0 Å². The molecule has 40 heavy (non-hydrogen) atoms. The van der Waals surface area contributed by atoms with Gasteiger partial charge in [0.05, 0.1) is 7.11 Å². The molecule has 0 spiro atoms. The highest BCUT2D eigenvalue weighted by Crippen LogP contribution is 2.32. The summed E-state index contributed by atoms with van der Waals surface area (Å²) in [4.78, 5) is 49.9. The molecule has 0 amide bonds. The molecule has 0 aromatic heterocycles. The summed E-state index contributed by atoms with van der Waals surface area (Å²) in [7, 11) is 1.22. The number of ether oxygens (including phenoxy) is 5. The number of nitrogens with two attached hydrogens (primary N) is 1. The summed E-state index contributed by atoms with van der Waals surface area (Å²) < 4.78 is 26.6. The zero-order valence-corrected chi connectivity index (χ0v) is 25.2. The molecule has 10 nitrogen and oxygen atoms in total. The van der Waals surface area contributed by atoms with Gasteiger partial charge in [-0.2, -0.15) is 0 Å². The van der Waals surface area contributed by atoms with E-state index in [1.807, 2.05) is 34.6 Å². The van der Waals surface area contributed by atoms with Crippen molar-refractivity contribution >= 4 is 24.1 Å². The molecule has 5 atom stereocenters. The molecular weight excluding hydrogens is 518 g/mol. The SMILES string of the molecule is CCC(C)CC(=O)Oc1ccc(CC(N)(C[C@H](C)OC(=O)O[C@@H](C)CC)C(=O)OC)cc1OC(=O)CC(C)CC. The fourth-order valence-electron chi connectivity index (χ4n) is 3.80. The van der Waals surface area contributed by atoms with Gasteiger partial charge in [-0.15, -0.1) is 0 Å². The maximum absolute atomic E-state index is 12.8. The Morgan fingerprint density at radius 2 is 1.32 bits per heavy atom. The summed E-state index contributed by atoms with van der Waals surface area (Å²) in [6, 6.07) is 4.66. The van der Waals surface area contributed by atoms with Crippen LogP contribution in [-0.4, -0.2) is 48.9 Å². The molecule has 0 aliphatic rings. The van der Waals surface area contributed by atoms with Gasteiger partial charge in [0.15, 0.2) is 11.5 Å². The number of hydrogen-bond donors (Lipinski definition) is 1. The van der Waals surface area contributed by atoms with Crippen LogP contribution in [0, 0.1) is 11.8 Å². The van der Waals surface area contributed by atoms with Crippen LogP contribution in [0.15, 0.2) is 18.2 Å². The maximum Gasteiger partial charge on any atom is 0.508 e. The van der Waals surface area contributed by atoms with E-state index in [2.05, 4.69) is 0 Å². The minimum Gasteiger partial charge on any atom is -0.468 e. The lowest BCUT2D eigenvalue weighted by Crippen LogP contribution is -2.53. The highest BCUT2D eigenvalue weighted by atomic mass is 16.7. The van der Waals surface area contributed by atoms with Crippen molar-refractivity contribution < 1.29 is 42.9 Å². The Balaban J connectivity index is 3.24. The van der Waals surface area contributed by atoms with E-state index in [-0.39, 0.29) is 55.1 Å². The first-order chi connectivity index (χ1) is 18.8. The number of benzene rings is 1. The average molecular weight is 566 g/mol. The Labute approximate surface area is 238 Å². The molecule has 1 rings (SSSR count). The normalized spacial score (nSPS) is 15.5. The van der Waals surface area contributed by atoms with Crippen molar-refractivity contribution in [1.82, 2.24) is 0 Å². The fraction of sp³-hybridized carbons (Fsp3) is 0.667. The van der Waals surface area contributed by atoms with Crippen molar-refractivity contribution in [3.05, 3.63) is 23.8 Å². The van der Waals surface area contributed by atoms with Gasteiger partial charge in [-0.3, -0.25) is 14.4 Å². The van der Waals surface area contributed by atoms with Crippen LogP contribution in [-0.2, 0) is 35.0 Å². The molecule has 0 fully saturated rings. The monoisotopic (exact) mass is 565 g/mol. The molecule has 1 aromatic rings. The average Bonchev–Trinajstić information content (AvgIpc) is 2.88. The van der Waals surface area contributed by atoms with Gasteiger partial charge >= 0.3 is 24.1 Å².